The minimum absolute atomic E-state index is 0.327. The van der Waals surface area contributed by atoms with E-state index in [1.54, 1.807) is 4.68 Å². The van der Waals surface area contributed by atoms with E-state index in [9.17, 15) is 8.78 Å². The Balaban J connectivity index is 1.22. The number of piperazine rings is 1. The first kappa shape index (κ1) is 22.2. The predicted octanol–water partition coefficient (Wildman–Crippen LogP) is 3.46. The summed E-state index contributed by atoms with van der Waals surface area (Å²) in [6.07, 6.45) is 0.658. The van der Waals surface area contributed by atoms with Gasteiger partial charge in [0.25, 0.3) is 0 Å². The van der Waals surface area contributed by atoms with Crippen LogP contribution in [0.25, 0.3) is 0 Å². The first-order valence-electron chi connectivity index (χ1n) is 11.1. The monoisotopic (exact) mass is 474 g/mol. The van der Waals surface area contributed by atoms with Gasteiger partial charge in [0.1, 0.15) is 17.2 Å². The Bertz CT molecular complexity index is 1130. The third-order valence-electron chi connectivity index (χ3n) is 6.66. The molecule has 0 radical (unpaired) electrons. The maximum absolute atomic E-state index is 14.5. The molecule has 2 aliphatic heterocycles. The lowest BCUT2D eigenvalue weighted by Crippen LogP contribution is -2.47. The van der Waals surface area contributed by atoms with E-state index in [1.807, 2.05) is 31.2 Å². The molecule has 3 aromatic rings. The van der Waals surface area contributed by atoms with Crippen molar-refractivity contribution < 1.29 is 13.5 Å². The Morgan fingerprint density at radius 2 is 1.88 bits per heavy atom. The fourth-order valence-corrected chi connectivity index (χ4v) is 4.84. The van der Waals surface area contributed by atoms with Crippen LogP contribution in [0.3, 0.4) is 0 Å². The van der Waals surface area contributed by atoms with Crippen molar-refractivity contribution in [1.29, 1.82) is 0 Å². The van der Waals surface area contributed by atoms with Crippen molar-refractivity contribution in [3.63, 3.8) is 0 Å². The van der Waals surface area contributed by atoms with Crippen LogP contribution >= 0.6 is 11.6 Å². The smallest absolute Gasteiger partial charge is 0.153 e. The van der Waals surface area contributed by atoms with Gasteiger partial charge in [-0.3, -0.25) is 4.90 Å². The summed E-state index contributed by atoms with van der Waals surface area (Å²) in [5.41, 5.74) is 0.510. The number of benzene rings is 2. The SMILES string of the molecule is CC(n1nnnc1CCN1CCN(c2ccccc2Cl)CC1)C1(c2ccc(F)cc2F)CO1. The molecular formula is C23H25ClF2N6O. The van der Waals surface area contributed by atoms with Crippen molar-refractivity contribution in [3.05, 3.63) is 70.5 Å². The molecule has 10 heteroatoms. The number of anilines is 1. The summed E-state index contributed by atoms with van der Waals surface area (Å²) >= 11 is 6.34. The Hall–Kier alpha value is -2.62. The highest BCUT2D eigenvalue weighted by atomic mass is 35.5. The molecule has 0 amide bonds. The Morgan fingerprint density at radius 3 is 2.58 bits per heavy atom. The standard InChI is InChI=1S/C23H25ClF2N6O/c1-16(23(15-33-23)18-7-6-17(25)14-20(18)26)32-22(27-28-29-32)8-9-30-10-12-31(13-11-30)21-5-3-2-4-19(21)24/h2-7,14,16H,8-13,15H2,1H3. The van der Waals surface area contributed by atoms with Crippen molar-refractivity contribution in [3.8, 4) is 0 Å². The molecule has 5 rings (SSSR count). The normalized spacial score (nSPS) is 21.9. The first-order chi connectivity index (χ1) is 16.0. The molecular weight excluding hydrogens is 450 g/mol. The lowest BCUT2D eigenvalue weighted by molar-refractivity contribution is 0.206. The number of hydrogen-bond donors (Lipinski definition) is 0. The Morgan fingerprint density at radius 1 is 1.12 bits per heavy atom. The molecule has 174 valence electrons. The molecule has 0 spiro atoms. The van der Waals surface area contributed by atoms with Gasteiger partial charge in [0, 0.05) is 50.8 Å². The van der Waals surface area contributed by atoms with E-state index in [2.05, 4.69) is 25.3 Å². The van der Waals surface area contributed by atoms with Crippen LogP contribution in [0.1, 0.15) is 24.4 Å². The minimum Gasteiger partial charge on any atom is -0.368 e. The van der Waals surface area contributed by atoms with Crippen LogP contribution in [0.5, 0.6) is 0 Å². The van der Waals surface area contributed by atoms with Crippen LogP contribution in [0, 0.1) is 11.6 Å². The molecule has 0 bridgehead atoms. The molecule has 1 aromatic heterocycles. The van der Waals surface area contributed by atoms with Crippen LogP contribution in [-0.2, 0) is 16.8 Å². The second kappa shape index (κ2) is 8.96. The topological polar surface area (TPSA) is 62.6 Å². The quantitative estimate of drug-likeness (QED) is 0.489. The van der Waals surface area contributed by atoms with E-state index in [0.29, 0.717) is 24.4 Å². The lowest BCUT2D eigenvalue weighted by atomic mass is 9.92. The van der Waals surface area contributed by atoms with E-state index >= 15 is 0 Å². The van der Waals surface area contributed by atoms with Crippen molar-refractivity contribution in [2.24, 2.45) is 0 Å². The molecule has 0 saturated carbocycles. The molecule has 7 nitrogen and oxygen atoms in total. The zero-order chi connectivity index (χ0) is 23.0. The van der Waals surface area contributed by atoms with Gasteiger partial charge in [-0.25, -0.2) is 13.5 Å². The van der Waals surface area contributed by atoms with Crippen molar-refractivity contribution >= 4 is 17.3 Å². The summed E-state index contributed by atoms with van der Waals surface area (Å²) in [6, 6.07) is 11.1. The molecule has 33 heavy (non-hydrogen) atoms. The van der Waals surface area contributed by atoms with E-state index in [0.717, 1.165) is 49.5 Å². The number of ether oxygens (including phenoxy) is 1. The molecule has 3 heterocycles. The summed E-state index contributed by atoms with van der Waals surface area (Å²) in [7, 11) is 0. The second-order valence-electron chi connectivity index (χ2n) is 8.55. The van der Waals surface area contributed by atoms with Gasteiger partial charge in [0.2, 0.25) is 0 Å². The van der Waals surface area contributed by atoms with Crippen LogP contribution in [0.15, 0.2) is 42.5 Å². The van der Waals surface area contributed by atoms with Crippen LogP contribution < -0.4 is 4.90 Å². The van der Waals surface area contributed by atoms with Crippen molar-refractivity contribution in [1.82, 2.24) is 25.1 Å². The van der Waals surface area contributed by atoms with E-state index in [4.69, 9.17) is 16.3 Å². The van der Waals surface area contributed by atoms with Gasteiger partial charge >= 0.3 is 0 Å². The van der Waals surface area contributed by atoms with Crippen LogP contribution in [-0.4, -0.2) is 64.4 Å². The van der Waals surface area contributed by atoms with Gasteiger partial charge in [0.05, 0.1) is 23.4 Å². The largest absolute Gasteiger partial charge is 0.368 e. The number of epoxide rings is 1. The first-order valence-corrected chi connectivity index (χ1v) is 11.4. The Labute approximate surface area is 195 Å². The van der Waals surface area contributed by atoms with Gasteiger partial charge in [-0.15, -0.1) is 5.10 Å². The molecule has 0 N–H and O–H groups in total. The molecule has 2 aromatic carbocycles. The predicted molar refractivity (Wildman–Crippen MR) is 120 cm³/mol. The van der Waals surface area contributed by atoms with Gasteiger partial charge in [-0.1, -0.05) is 29.8 Å². The van der Waals surface area contributed by atoms with E-state index < -0.39 is 17.2 Å². The second-order valence-corrected chi connectivity index (χ2v) is 8.96. The highest BCUT2D eigenvalue weighted by Gasteiger charge is 2.54. The number of hydrogen-bond acceptors (Lipinski definition) is 6. The van der Waals surface area contributed by atoms with E-state index in [1.165, 1.54) is 12.1 Å². The Kier molecular flexibility index (Phi) is 6.03. The summed E-state index contributed by atoms with van der Waals surface area (Å²) in [6.45, 7) is 6.66. The van der Waals surface area contributed by atoms with Crippen molar-refractivity contribution in [2.75, 3.05) is 44.2 Å². The average Bonchev–Trinajstić information content (AvgIpc) is 3.48. The highest BCUT2D eigenvalue weighted by molar-refractivity contribution is 6.33. The summed E-state index contributed by atoms with van der Waals surface area (Å²) in [5, 5.41) is 13.0. The molecule has 2 atom stereocenters. The number of aromatic nitrogens is 4. The summed E-state index contributed by atoms with van der Waals surface area (Å²) in [4.78, 5) is 4.68. The van der Waals surface area contributed by atoms with Gasteiger partial charge < -0.3 is 9.64 Å². The van der Waals surface area contributed by atoms with Crippen LogP contribution in [0.2, 0.25) is 5.02 Å². The zero-order valence-electron chi connectivity index (χ0n) is 18.3. The molecule has 2 unspecified atom stereocenters. The van der Waals surface area contributed by atoms with Gasteiger partial charge in [0.15, 0.2) is 5.82 Å². The third kappa shape index (κ3) is 4.32. The highest BCUT2D eigenvalue weighted by Crippen LogP contribution is 2.48. The number of para-hydroxylation sites is 1. The molecule has 2 fully saturated rings. The average molecular weight is 475 g/mol. The maximum Gasteiger partial charge on any atom is 0.153 e. The number of tetrazole rings is 1. The maximum atomic E-state index is 14.5. The number of nitrogens with zero attached hydrogens (tertiary/aromatic N) is 6. The minimum atomic E-state index is -0.886. The number of halogens is 3. The third-order valence-corrected chi connectivity index (χ3v) is 6.98. The van der Waals surface area contributed by atoms with Crippen LogP contribution in [0.4, 0.5) is 14.5 Å². The van der Waals surface area contributed by atoms with E-state index in [-0.39, 0.29) is 6.04 Å². The summed E-state index contributed by atoms with van der Waals surface area (Å²) < 4.78 is 35.2. The lowest BCUT2D eigenvalue weighted by Gasteiger charge is -2.36. The zero-order valence-corrected chi connectivity index (χ0v) is 19.0. The fourth-order valence-electron chi connectivity index (χ4n) is 4.59. The molecule has 0 aliphatic carbocycles. The van der Waals surface area contributed by atoms with Gasteiger partial charge in [-0.05, 0) is 35.5 Å². The summed E-state index contributed by atoms with van der Waals surface area (Å²) in [5.74, 6) is -0.517. The van der Waals surface area contributed by atoms with Gasteiger partial charge in [-0.2, -0.15) is 0 Å². The fraction of sp³-hybridized carbons (Fsp3) is 0.435. The number of rotatable bonds is 7. The molecule has 2 aliphatic rings. The molecule has 2 saturated heterocycles. The van der Waals surface area contributed by atoms with Crippen molar-refractivity contribution in [2.45, 2.75) is 25.0 Å².